The molecule has 0 saturated carbocycles. The summed E-state index contributed by atoms with van der Waals surface area (Å²) in [5, 5.41) is 3.30. The molecule has 1 aliphatic rings. The lowest BCUT2D eigenvalue weighted by Crippen LogP contribution is -2.04. The van der Waals surface area contributed by atoms with E-state index in [1.54, 1.807) is 0 Å². The first kappa shape index (κ1) is 6.77. The normalized spacial score (nSPS) is 14.3. The minimum absolute atomic E-state index is 0.857. The van der Waals surface area contributed by atoms with Gasteiger partial charge < -0.3 is 5.32 Å². The van der Waals surface area contributed by atoms with Gasteiger partial charge in [-0.25, -0.2) is 0 Å². The molecule has 0 amide bonds. The molecule has 0 fully saturated rings. The second-order valence-corrected chi connectivity index (χ2v) is 3.04. The molecule has 2 radical (unpaired) electrons. The molecule has 1 heterocycles. The molecule has 2 heteroatoms. The van der Waals surface area contributed by atoms with Crippen molar-refractivity contribution in [2.75, 3.05) is 11.9 Å². The van der Waals surface area contributed by atoms with Crippen LogP contribution >= 0.6 is 0 Å². The van der Waals surface area contributed by atoms with Crippen LogP contribution in [0.5, 0.6) is 0 Å². The number of hydrogen-bond acceptors (Lipinski definition) is 1. The van der Waals surface area contributed by atoms with Crippen LogP contribution in [0, 0.1) is 6.92 Å². The first-order valence-corrected chi connectivity index (χ1v) is 3.90. The predicted octanol–water partition coefficient (Wildman–Crippen LogP) is 0.757. The van der Waals surface area contributed by atoms with Crippen molar-refractivity contribution in [3.8, 4) is 0 Å². The SMILES string of the molecule is [B]c1cc(C)c2c(c1)NCC2. The number of anilines is 1. The third-order valence-corrected chi connectivity index (χ3v) is 2.19. The van der Waals surface area contributed by atoms with Crippen LogP contribution in [0.2, 0.25) is 0 Å². The molecule has 0 bridgehead atoms. The second kappa shape index (κ2) is 2.30. The molecule has 0 unspecified atom stereocenters. The van der Waals surface area contributed by atoms with E-state index in [4.69, 9.17) is 7.85 Å². The first-order valence-electron chi connectivity index (χ1n) is 3.90. The van der Waals surface area contributed by atoms with Crippen molar-refractivity contribution in [1.82, 2.24) is 0 Å². The molecule has 1 aliphatic heterocycles. The molecule has 0 aliphatic carbocycles. The summed E-state index contributed by atoms with van der Waals surface area (Å²) in [4.78, 5) is 0. The minimum Gasteiger partial charge on any atom is -0.384 e. The van der Waals surface area contributed by atoms with Crippen molar-refractivity contribution in [2.45, 2.75) is 13.3 Å². The Morgan fingerprint density at radius 3 is 3.09 bits per heavy atom. The molecule has 11 heavy (non-hydrogen) atoms. The fraction of sp³-hybridized carbons (Fsp3) is 0.333. The number of fused-ring (bicyclic) bond motifs is 1. The zero-order valence-electron chi connectivity index (χ0n) is 6.65. The summed E-state index contributed by atoms with van der Waals surface area (Å²) in [5.74, 6) is 0. The predicted molar refractivity (Wildman–Crippen MR) is 48.8 cm³/mol. The fourth-order valence-electron chi connectivity index (χ4n) is 1.66. The number of nitrogens with one attached hydrogen (secondary N) is 1. The van der Waals surface area contributed by atoms with Gasteiger partial charge in [0.25, 0.3) is 0 Å². The molecular weight excluding hydrogens is 133 g/mol. The van der Waals surface area contributed by atoms with Gasteiger partial charge in [-0.3, -0.25) is 0 Å². The number of hydrogen-bond donors (Lipinski definition) is 1. The molecule has 0 spiro atoms. The molecule has 54 valence electrons. The summed E-state index contributed by atoms with van der Waals surface area (Å²) in [7, 11) is 5.69. The van der Waals surface area contributed by atoms with E-state index in [1.807, 2.05) is 12.1 Å². The van der Waals surface area contributed by atoms with Gasteiger partial charge >= 0.3 is 0 Å². The maximum atomic E-state index is 5.69. The Balaban J connectivity index is 2.60. The van der Waals surface area contributed by atoms with Crippen LogP contribution in [0.15, 0.2) is 12.1 Å². The number of benzene rings is 1. The van der Waals surface area contributed by atoms with Gasteiger partial charge in [0.1, 0.15) is 7.85 Å². The van der Waals surface area contributed by atoms with Crippen LogP contribution < -0.4 is 10.8 Å². The molecule has 0 atom stereocenters. The molecule has 1 aromatic rings. The van der Waals surface area contributed by atoms with Crippen LogP contribution in [0.3, 0.4) is 0 Å². The zero-order valence-corrected chi connectivity index (χ0v) is 6.65. The monoisotopic (exact) mass is 143 g/mol. The third kappa shape index (κ3) is 1.03. The van der Waals surface area contributed by atoms with Gasteiger partial charge in [-0.15, -0.1) is 0 Å². The summed E-state index contributed by atoms with van der Waals surface area (Å²) in [6, 6.07) is 4.04. The Morgan fingerprint density at radius 2 is 2.27 bits per heavy atom. The van der Waals surface area contributed by atoms with E-state index < -0.39 is 0 Å². The lowest BCUT2D eigenvalue weighted by molar-refractivity contribution is 1.09. The average molecular weight is 143 g/mol. The van der Waals surface area contributed by atoms with E-state index in [2.05, 4.69) is 12.2 Å². The molecular formula is C9H10BN. The van der Waals surface area contributed by atoms with Gasteiger partial charge in [0.05, 0.1) is 0 Å². The van der Waals surface area contributed by atoms with Gasteiger partial charge in [0.15, 0.2) is 0 Å². The molecule has 1 nitrogen and oxygen atoms in total. The van der Waals surface area contributed by atoms with Gasteiger partial charge in [-0.1, -0.05) is 11.5 Å². The Morgan fingerprint density at radius 1 is 1.45 bits per heavy atom. The van der Waals surface area contributed by atoms with Crippen LogP contribution in [0.1, 0.15) is 11.1 Å². The van der Waals surface area contributed by atoms with E-state index in [0.29, 0.717) is 0 Å². The van der Waals surface area contributed by atoms with Crippen molar-refractivity contribution in [1.29, 1.82) is 0 Å². The van der Waals surface area contributed by atoms with E-state index in [9.17, 15) is 0 Å². The molecule has 0 saturated heterocycles. The van der Waals surface area contributed by atoms with Crippen LogP contribution in [-0.4, -0.2) is 14.4 Å². The third-order valence-electron chi connectivity index (χ3n) is 2.19. The smallest absolute Gasteiger partial charge is 0.113 e. The standard InChI is InChI=1S/C9H10BN/c1-6-4-7(10)5-9-8(6)2-3-11-9/h4-5,11H,2-3H2,1H3. The Labute approximate surface area is 68.2 Å². The maximum Gasteiger partial charge on any atom is 0.113 e. The summed E-state index contributed by atoms with van der Waals surface area (Å²) in [6.45, 7) is 3.17. The summed E-state index contributed by atoms with van der Waals surface area (Å²) >= 11 is 0. The van der Waals surface area contributed by atoms with Crippen LogP contribution in [0.25, 0.3) is 0 Å². The van der Waals surface area contributed by atoms with Gasteiger partial charge in [-0.2, -0.15) is 0 Å². The number of aryl methyl sites for hydroxylation is 1. The van der Waals surface area contributed by atoms with Gasteiger partial charge in [-0.05, 0) is 30.5 Å². The lowest BCUT2D eigenvalue weighted by atomic mass is 9.91. The van der Waals surface area contributed by atoms with Crippen molar-refractivity contribution in [2.24, 2.45) is 0 Å². The number of rotatable bonds is 0. The van der Waals surface area contributed by atoms with E-state index in [0.717, 1.165) is 18.4 Å². The molecule has 0 aromatic heterocycles. The largest absolute Gasteiger partial charge is 0.384 e. The topological polar surface area (TPSA) is 12.0 Å². The Bertz CT molecular complexity index is 294. The molecule has 1 N–H and O–H groups in total. The molecule has 2 rings (SSSR count). The van der Waals surface area contributed by atoms with E-state index in [-0.39, 0.29) is 0 Å². The highest BCUT2D eigenvalue weighted by Crippen LogP contribution is 2.23. The Kier molecular flexibility index (Phi) is 1.41. The zero-order chi connectivity index (χ0) is 7.84. The van der Waals surface area contributed by atoms with Crippen molar-refractivity contribution in [3.63, 3.8) is 0 Å². The average Bonchev–Trinajstić information content (AvgIpc) is 2.34. The van der Waals surface area contributed by atoms with E-state index >= 15 is 0 Å². The van der Waals surface area contributed by atoms with Crippen molar-refractivity contribution >= 4 is 19.0 Å². The first-order chi connectivity index (χ1) is 5.27. The highest BCUT2D eigenvalue weighted by Gasteiger charge is 2.11. The van der Waals surface area contributed by atoms with Gasteiger partial charge in [0, 0.05) is 12.2 Å². The fourth-order valence-corrected chi connectivity index (χ4v) is 1.66. The summed E-state index contributed by atoms with van der Waals surface area (Å²) in [6.07, 6.45) is 1.14. The molecule has 1 aromatic carbocycles. The second-order valence-electron chi connectivity index (χ2n) is 3.04. The summed E-state index contributed by atoms with van der Waals surface area (Å²) in [5.41, 5.74) is 4.82. The highest BCUT2D eigenvalue weighted by atomic mass is 14.9. The van der Waals surface area contributed by atoms with Crippen LogP contribution in [-0.2, 0) is 6.42 Å². The highest BCUT2D eigenvalue weighted by molar-refractivity contribution is 6.32. The van der Waals surface area contributed by atoms with Gasteiger partial charge in [0.2, 0.25) is 0 Å². The Hall–Kier alpha value is -0.915. The van der Waals surface area contributed by atoms with Crippen LogP contribution in [0.4, 0.5) is 5.69 Å². The lowest BCUT2D eigenvalue weighted by Gasteiger charge is -2.04. The quantitative estimate of drug-likeness (QED) is 0.528. The van der Waals surface area contributed by atoms with Crippen molar-refractivity contribution in [3.05, 3.63) is 23.3 Å². The minimum atomic E-state index is 0.857. The van der Waals surface area contributed by atoms with E-state index in [1.165, 1.54) is 16.8 Å². The van der Waals surface area contributed by atoms with Crippen molar-refractivity contribution < 1.29 is 0 Å². The summed E-state index contributed by atoms with van der Waals surface area (Å²) < 4.78 is 0. The maximum absolute atomic E-state index is 5.69.